The minimum Gasteiger partial charge on any atom is -0.481 e. The summed E-state index contributed by atoms with van der Waals surface area (Å²) < 4.78 is 0. The third kappa shape index (κ3) is 2.79. The van der Waals surface area contributed by atoms with Gasteiger partial charge in [0, 0.05) is 19.0 Å². The van der Waals surface area contributed by atoms with Gasteiger partial charge in [-0.3, -0.25) is 9.59 Å². The molecule has 1 heterocycles. The molecule has 0 aromatic rings. The zero-order valence-electron chi connectivity index (χ0n) is 10.4. The standard InChI is InChI=1S/C13H21NO3/c1-9-3-2-4-11(7-9)14-8-10(13(16)17)5-6-12(14)15/h9-11H,2-8H2,1H3,(H,16,17). The van der Waals surface area contributed by atoms with Crippen LogP contribution in [0.2, 0.25) is 0 Å². The number of rotatable bonds is 2. The molecule has 1 aliphatic heterocycles. The number of carboxylic acid groups (broad SMARTS) is 1. The smallest absolute Gasteiger partial charge is 0.308 e. The molecule has 4 nitrogen and oxygen atoms in total. The average Bonchev–Trinajstić information content (AvgIpc) is 2.29. The van der Waals surface area contributed by atoms with Crippen LogP contribution < -0.4 is 0 Å². The van der Waals surface area contributed by atoms with Crippen LogP contribution >= 0.6 is 0 Å². The molecule has 2 rings (SSSR count). The zero-order chi connectivity index (χ0) is 12.4. The van der Waals surface area contributed by atoms with Crippen molar-refractivity contribution in [2.45, 2.75) is 51.5 Å². The Balaban J connectivity index is 2.01. The summed E-state index contributed by atoms with van der Waals surface area (Å²) in [6, 6.07) is 0.286. The number of carbonyl (C=O) groups is 2. The van der Waals surface area contributed by atoms with Crippen molar-refractivity contribution in [2.24, 2.45) is 11.8 Å². The maximum Gasteiger partial charge on any atom is 0.308 e. The second-order valence-electron chi connectivity index (χ2n) is 5.55. The summed E-state index contributed by atoms with van der Waals surface area (Å²) in [4.78, 5) is 24.8. The van der Waals surface area contributed by atoms with E-state index in [4.69, 9.17) is 5.11 Å². The topological polar surface area (TPSA) is 57.6 Å². The second kappa shape index (κ2) is 5.07. The Morgan fingerprint density at radius 3 is 2.76 bits per heavy atom. The van der Waals surface area contributed by atoms with E-state index in [2.05, 4.69) is 6.92 Å². The molecule has 3 unspecified atom stereocenters. The molecule has 0 aromatic heterocycles. The Morgan fingerprint density at radius 1 is 1.35 bits per heavy atom. The largest absolute Gasteiger partial charge is 0.481 e. The molecule has 3 atom stereocenters. The van der Waals surface area contributed by atoms with E-state index >= 15 is 0 Å². The van der Waals surface area contributed by atoms with Gasteiger partial charge < -0.3 is 10.0 Å². The minimum atomic E-state index is -0.758. The van der Waals surface area contributed by atoms with Crippen molar-refractivity contribution in [3.05, 3.63) is 0 Å². The summed E-state index contributed by atoms with van der Waals surface area (Å²) in [5.74, 6) is -0.301. The lowest BCUT2D eigenvalue weighted by molar-refractivity contribution is -0.149. The summed E-state index contributed by atoms with van der Waals surface area (Å²) in [6.07, 6.45) is 5.39. The molecule has 17 heavy (non-hydrogen) atoms. The van der Waals surface area contributed by atoms with Gasteiger partial charge in [-0.1, -0.05) is 19.8 Å². The van der Waals surface area contributed by atoms with E-state index in [0.717, 1.165) is 19.3 Å². The highest BCUT2D eigenvalue weighted by Crippen LogP contribution is 2.30. The lowest BCUT2D eigenvalue weighted by Gasteiger charge is -2.40. The van der Waals surface area contributed by atoms with Crippen LogP contribution in [-0.4, -0.2) is 34.5 Å². The highest BCUT2D eigenvalue weighted by atomic mass is 16.4. The number of hydrogen-bond donors (Lipinski definition) is 1. The first-order chi connectivity index (χ1) is 8.08. The fourth-order valence-electron chi connectivity index (χ4n) is 3.11. The Kier molecular flexibility index (Phi) is 3.69. The predicted octanol–water partition coefficient (Wildman–Crippen LogP) is 1.89. The normalized spacial score (nSPS) is 34.8. The molecule has 0 spiro atoms. The fraction of sp³-hybridized carbons (Fsp3) is 0.846. The van der Waals surface area contributed by atoms with Gasteiger partial charge in [0.1, 0.15) is 0 Å². The van der Waals surface area contributed by atoms with E-state index in [9.17, 15) is 9.59 Å². The lowest BCUT2D eigenvalue weighted by Crippen LogP contribution is -2.49. The Bertz CT molecular complexity index is 316. The van der Waals surface area contributed by atoms with Crippen LogP contribution in [0.1, 0.15) is 45.4 Å². The van der Waals surface area contributed by atoms with Crippen LogP contribution in [0.5, 0.6) is 0 Å². The van der Waals surface area contributed by atoms with Gasteiger partial charge in [-0.25, -0.2) is 0 Å². The van der Waals surface area contributed by atoms with Crippen LogP contribution in [0.15, 0.2) is 0 Å². The molecule has 1 saturated heterocycles. The molecule has 0 radical (unpaired) electrons. The lowest BCUT2D eigenvalue weighted by atomic mass is 9.84. The molecule has 96 valence electrons. The number of carboxylic acids is 1. The van der Waals surface area contributed by atoms with Crippen molar-refractivity contribution in [1.29, 1.82) is 0 Å². The predicted molar refractivity (Wildman–Crippen MR) is 63.5 cm³/mol. The molecular formula is C13H21NO3. The molecule has 1 aliphatic carbocycles. The van der Waals surface area contributed by atoms with Gasteiger partial charge in [0.05, 0.1) is 5.92 Å². The maximum absolute atomic E-state index is 11.9. The van der Waals surface area contributed by atoms with Gasteiger partial charge in [0.15, 0.2) is 0 Å². The van der Waals surface area contributed by atoms with Gasteiger partial charge in [-0.2, -0.15) is 0 Å². The van der Waals surface area contributed by atoms with Crippen molar-refractivity contribution < 1.29 is 14.7 Å². The number of carbonyl (C=O) groups excluding carboxylic acids is 1. The fourth-order valence-corrected chi connectivity index (χ4v) is 3.11. The quantitative estimate of drug-likeness (QED) is 0.800. The number of hydrogen-bond acceptors (Lipinski definition) is 2. The SMILES string of the molecule is CC1CCCC(N2CC(C(=O)O)CCC2=O)C1. The van der Waals surface area contributed by atoms with Gasteiger partial charge in [-0.15, -0.1) is 0 Å². The van der Waals surface area contributed by atoms with E-state index in [0.29, 0.717) is 25.3 Å². The minimum absolute atomic E-state index is 0.154. The summed E-state index contributed by atoms with van der Waals surface area (Å²) >= 11 is 0. The Morgan fingerprint density at radius 2 is 2.12 bits per heavy atom. The number of amides is 1. The monoisotopic (exact) mass is 239 g/mol. The first-order valence-electron chi connectivity index (χ1n) is 6.60. The van der Waals surface area contributed by atoms with Gasteiger partial charge in [-0.05, 0) is 25.2 Å². The van der Waals surface area contributed by atoms with Gasteiger partial charge >= 0.3 is 5.97 Å². The number of likely N-dealkylation sites (tertiary alicyclic amines) is 1. The van der Waals surface area contributed by atoms with Crippen molar-refractivity contribution in [3.8, 4) is 0 Å². The molecule has 2 aliphatic rings. The first-order valence-corrected chi connectivity index (χ1v) is 6.60. The van der Waals surface area contributed by atoms with Crippen LogP contribution in [-0.2, 0) is 9.59 Å². The summed E-state index contributed by atoms with van der Waals surface area (Å²) in [7, 11) is 0. The summed E-state index contributed by atoms with van der Waals surface area (Å²) in [5, 5.41) is 9.05. The Labute approximate surface area is 102 Å². The van der Waals surface area contributed by atoms with Crippen molar-refractivity contribution in [2.75, 3.05) is 6.54 Å². The van der Waals surface area contributed by atoms with Crippen molar-refractivity contribution in [3.63, 3.8) is 0 Å². The van der Waals surface area contributed by atoms with Gasteiger partial charge in [0.2, 0.25) is 5.91 Å². The van der Waals surface area contributed by atoms with E-state index in [1.165, 1.54) is 6.42 Å². The number of piperidine rings is 1. The summed E-state index contributed by atoms with van der Waals surface area (Å²) in [5.41, 5.74) is 0. The molecule has 2 fully saturated rings. The molecule has 1 N–H and O–H groups in total. The van der Waals surface area contributed by atoms with Crippen LogP contribution in [0.3, 0.4) is 0 Å². The Hall–Kier alpha value is -1.06. The van der Waals surface area contributed by atoms with E-state index < -0.39 is 5.97 Å². The van der Waals surface area contributed by atoms with Crippen LogP contribution in [0.25, 0.3) is 0 Å². The third-order valence-electron chi connectivity index (χ3n) is 4.14. The molecule has 0 aromatic carbocycles. The van der Waals surface area contributed by atoms with Crippen molar-refractivity contribution >= 4 is 11.9 Å². The maximum atomic E-state index is 11.9. The van der Waals surface area contributed by atoms with E-state index in [1.54, 1.807) is 0 Å². The van der Waals surface area contributed by atoms with E-state index in [-0.39, 0.29) is 17.9 Å². The average molecular weight is 239 g/mol. The number of aliphatic carboxylic acids is 1. The van der Waals surface area contributed by atoms with Crippen LogP contribution in [0, 0.1) is 11.8 Å². The molecule has 4 heteroatoms. The molecule has 1 amide bonds. The van der Waals surface area contributed by atoms with Crippen LogP contribution in [0.4, 0.5) is 0 Å². The van der Waals surface area contributed by atoms with Crippen molar-refractivity contribution in [1.82, 2.24) is 4.90 Å². The molecular weight excluding hydrogens is 218 g/mol. The zero-order valence-corrected chi connectivity index (χ0v) is 10.4. The highest BCUT2D eigenvalue weighted by Gasteiger charge is 2.35. The number of nitrogens with zero attached hydrogens (tertiary/aromatic N) is 1. The van der Waals surface area contributed by atoms with E-state index in [1.807, 2.05) is 4.90 Å². The highest BCUT2D eigenvalue weighted by molar-refractivity contribution is 5.80. The third-order valence-corrected chi connectivity index (χ3v) is 4.14. The molecule has 0 bridgehead atoms. The summed E-state index contributed by atoms with van der Waals surface area (Å²) in [6.45, 7) is 2.64. The second-order valence-corrected chi connectivity index (χ2v) is 5.55. The molecule has 1 saturated carbocycles. The van der Waals surface area contributed by atoms with Gasteiger partial charge in [0.25, 0.3) is 0 Å². The first kappa shape index (κ1) is 12.4.